The Morgan fingerprint density at radius 3 is 2.56 bits per heavy atom. The largest absolute Gasteiger partial charge is 0.385 e. The van der Waals surface area contributed by atoms with Crippen LogP contribution in [0.2, 0.25) is 0 Å². The van der Waals surface area contributed by atoms with Crippen molar-refractivity contribution in [3.63, 3.8) is 0 Å². The second-order valence-electron chi connectivity index (χ2n) is 3.77. The summed E-state index contributed by atoms with van der Waals surface area (Å²) >= 11 is 0. The Kier molecular flexibility index (Phi) is 5.57. The lowest BCUT2D eigenvalue weighted by atomic mass is 10.1. The summed E-state index contributed by atoms with van der Waals surface area (Å²) in [7, 11) is 1.71. The van der Waals surface area contributed by atoms with Crippen molar-refractivity contribution >= 4 is 12.0 Å². The fraction of sp³-hybridized carbons (Fsp3) is 0.462. The maximum atomic E-state index is 10.5. The summed E-state index contributed by atoms with van der Waals surface area (Å²) in [6, 6.07) is 7.91. The van der Waals surface area contributed by atoms with Gasteiger partial charge in [0, 0.05) is 31.0 Å². The van der Waals surface area contributed by atoms with Gasteiger partial charge in [-0.3, -0.25) is 4.79 Å². The van der Waals surface area contributed by atoms with E-state index in [1.54, 1.807) is 7.11 Å². The standard InChI is InChI=1S/C13H19NO2/c1-3-12(8-9-16-2)14-13-6-4-11(10-15)5-7-13/h4-7,10,12,14H,3,8-9H2,1-2H3. The fourth-order valence-electron chi connectivity index (χ4n) is 1.53. The van der Waals surface area contributed by atoms with E-state index in [4.69, 9.17) is 4.74 Å². The molecule has 1 atom stereocenters. The van der Waals surface area contributed by atoms with Crippen LogP contribution in [-0.4, -0.2) is 26.0 Å². The van der Waals surface area contributed by atoms with Crippen LogP contribution in [0.1, 0.15) is 30.1 Å². The van der Waals surface area contributed by atoms with Gasteiger partial charge in [0.25, 0.3) is 0 Å². The van der Waals surface area contributed by atoms with Crippen LogP contribution in [0, 0.1) is 0 Å². The minimum Gasteiger partial charge on any atom is -0.385 e. The first-order valence-electron chi connectivity index (χ1n) is 5.60. The molecule has 1 unspecified atom stereocenters. The lowest BCUT2D eigenvalue weighted by Gasteiger charge is -2.17. The lowest BCUT2D eigenvalue weighted by molar-refractivity contribution is 0.112. The quantitative estimate of drug-likeness (QED) is 0.719. The number of hydrogen-bond acceptors (Lipinski definition) is 3. The number of hydrogen-bond donors (Lipinski definition) is 1. The summed E-state index contributed by atoms with van der Waals surface area (Å²) in [6.07, 6.45) is 2.90. The monoisotopic (exact) mass is 221 g/mol. The number of carbonyl (C=O) groups excluding carboxylic acids is 1. The second-order valence-corrected chi connectivity index (χ2v) is 3.77. The molecule has 0 saturated carbocycles. The van der Waals surface area contributed by atoms with Crippen molar-refractivity contribution in [2.24, 2.45) is 0 Å². The van der Waals surface area contributed by atoms with E-state index in [2.05, 4.69) is 12.2 Å². The van der Waals surface area contributed by atoms with Crippen molar-refractivity contribution in [2.45, 2.75) is 25.8 Å². The molecule has 3 heteroatoms. The predicted molar refractivity (Wildman–Crippen MR) is 66.0 cm³/mol. The molecule has 0 aromatic heterocycles. The zero-order valence-corrected chi connectivity index (χ0v) is 9.90. The van der Waals surface area contributed by atoms with Gasteiger partial charge >= 0.3 is 0 Å². The number of aldehydes is 1. The molecule has 1 N–H and O–H groups in total. The number of rotatable bonds is 7. The van der Waals surface area contributed by atoms with Crippen LogP contribution < -0.4 is 5.32 Å². The van der Waals surface area contributed by atoms with Gasteiger partial charge in [-0.1, -0.05) is 6.92 Å². The summed E-state index contributed by atoms with van der Waals surface area (Å²) in [5, 5.41) is 3.42. The van der Waals surface area contributed by atoms with E-state index in [9.17, 15) is 4.79 Å². The SMILES string of the molecule is CCC(CCOC)Nc1ccc(C=O)cc1. The van der Waals surface area contributed by atoms with Crippen LogP contribution >= 0.6 is 0 Å². The molecule has 0 radical (unpaired) electrons. The van der Waals surface area contributed by atoms with Crippen LogP contribution in [0.15, 0.2) is 24.3 Å². The first kappa shape index (κ1) is 12.7. The van der Waals surface area contributed by atoms with E-state index in [-0.39, 0.29) is 0 Å². The summed E-state index contributed by atoms with van der Waals surface area (Å²) in [4.78, 5) is 10.5. The van der Waals surface area contributed by atoms with Gasteiger partial charge in [0.05, 0.1) is 0 Å². The van der Waals surface area contributed by atoms with E-state index in [0.717, 1.165) is 31.4 Å². The Morgan fingerprint density at radius 2 is 2.06 bits per heavy atom. The van der Waals surface area contributed by atoms with Gasteiger partial charge in [-0.25, -0.2) is 0 Å². The van der Waals surface area contributed by atoms with Gasteiger partial charge in [0.15, 0.2) is 0 Å². The molecule has 3 nitrogen and oxygen atoms in total. The molecule has 0 heterocycles. The second kappa shape index (κ2) is 7.01. The third-order valence-corrected chi connectivity index (χ3v) is 2.58. The molecule has 1 aromatic rings. The van der Waals surface area contributed by atoms with Gasteiger partial charge in [-0.05, 0) is 37.1 Å². The zero-order chi connectivity index (χ0) is 11.8. The zero-order valence-electron chi connectivity index (χ0n) is 9.90. The van der Waals surface area contributed by atoms with Crippen molar-refractivity contribution in [2.75, 3.05) is 19.0 Å². The summed E-state index contributed by atoms with van der Waals surface area (Å²) in [5.74, 6) is 0. The first-order valence-corrected chi connectivity index (χ1v) is 5.60. The van der Waals surface area contributed by atoms with E-state index >= 15 is 0 Å². The lowest BCUT2D eigenvalue weighted by Crippen LogP contribution is -2.20. The molecular weight excluding hydrogens is 202 g/mol. The van der Waals surface area contributed by atoms with E-state index in [0.29, 0.717) is 11.6 Å². The van der Waals surface area contributed by atoms with Gasteiger partial charge < -0.3 is 10.1 Å². The molecular formula is C13H19NO2. The fourth-order valence-corrected chi connectivity index (χ4v) is 1.53. The highest BCUT2D eigenvalue weighted by Crippen LogP contribution is 2.12. The topological polar surface area (TPSA) is 38.3 Å². The number of anilines is 1. The molecule has 0 bridgehead atoms. The average Bonchev–Trinajstić information content (AvgIpc) is 2.35. The van der Waals surface area contributed by atoms with Crippen LogP contribution in [0.3, 0.4) is 0 Å². The summed E-state index contributed by atoms with van der Waals surface area (Å²) in [5.41, 5.74) is 1.75. The Morgan fingerprint density at radius 1 is 1.38 bits per heavy atom. The van der Waals surface area contributed by atoms with Gasteiger partial charge in [-0.2, -0.15) is 0 Å². The molecule has 0 spiro atoms. The third kappa shape index (κ3) is 4.03. The maximum Gasteiger partial charge on any atom is 0.150 e. The van der Waals surface area contributed by atoms with E-state index in [1.165, 1.54) is 0 Å². The van der Waals surface area contributed by atoms with E-state index in [1.807, 2.05) is 24.3 Å². The number of methoxy groups -OCH3 is 1. The Balaban J connectivity index is 2.52. The highest BCUT2D eigenvalue weighted by molar-refractivity contribution is 5.75. The van der Waals surface area contributed by atoms with Crippen molar-refractivity contribution in [3.8, 4) is 0 Å². The number of nitrogens with one attached hydrogen (secondary N) is 1. The molecule has 1 aromatic carbocycles. The number of ether oxygens (including phenoxy) is 1. The minimum atomic E-state index is 0.419. The molecule has 0 saturated heterocycles. The Labute approximate surface area is 96.8 Å². The average molecular weight is 221 g/mol. The van der Waals surface area contributed by atoms with Crippen molar-refractivity contribution < 1.29 is 9.53 Å². The molecule has 16 heavy (non-hydrogen) atoms. The Hall–Kier alpha value is -1.35. The first-order chi connectivity index (χ1) is 7.80. The van der Waals surface area contributed by atoms with Gasteiger partial charge in [0.2, 0.25) is 0 Å². The van der Waals surface area contributed by atoms with E-state index < -0.39 is 0 Å². The normalized spacial score (nSPS) is 12.1. The van der Waals surface area contributed by atoms with Crippen LogP contribution in [0.5, 0.6) is 0 Å². The molecule has 0 aliphatic heterocycles. The third-order valence-electron chi connectivity index (χ3n) is 2.58. The van der Waals surface area contributed by atoms with Crippen LogP contribution in [0.25, 0.3) is 0 Å². The molecule has 0 amide bonds. The molecule has 1 rings (SSSR count). The highest BCUT2D eigenvalue weighted by atomic mass is 16.5. The molecule has 88 valence electrons. The van der Waals surface area contributed by atoms with Gasteiger partial charge in [0.1, 0.15) is 6.29 Å². The van der Waals surface area contributed by atoms with Crippen molar-refractivity contribution in [1.29, 1.82) is 0 Å². The summed E-state index contributed by atoms with van der Waals surface area (Å²) in [6.45, 7) is 2.91. The predicted octanol–water partition coefficient (Wildman–Crippen LogP) is 2.73. The minimum absolute atomic E-state index is 0.419. The number of carbonyl (C=O) groups is 1. The van der Waals surface area contributed by atoms with Gasteiger partial charge in [-0.15, -0.1) is 0 Å². The number of benzene rings is 1. The smallest absolute Gasteiger partial charge is 0.150 e. The summed E-state index contributed by atoms with van der Waals surface area (Å²) < 4.78 is 5.06. The highest BCUT2D eigenvalue weighted by Gasteiger charge is 2.05. The van der Waals surface area contributed by atoms with Crippen LogP contribution in [-0.2, 0) is 4.74 Å². The van der Waals surface area contributed by atoms with Crippen LogP contribution in [0.4, 0.5) is 5.69 Å². The molecule has 0 fully saturated rings. The maximum absolute atomic E-state index is 10.5. The molecule has 0 aliphatic carbocycles. The Bertz CT molecular complexity index is 308. The van der Waals surface area contributed by atoms with Crippen molar-refractivity contribution in [3.05, 3.63) is 29.8 Å². The molecule has 0 aliphatic rings. The van der Waals surface area contributed by atoms with Crippen molar-refractivity contribution in [1.82, 2.24) is 0 Å².